The summed E-state index contributed by atoms with van der Waals surface area (Å²) in [4.78, 5) is 15.5. The van der Waals surface area contributed by atoms with Crippen molar-refractivity contribution >= 4 is 24.1 Å². The number of carbonyl (C=O) groups excluding carboxylic acids is 1. The number of halogens is 1. The lowest BCUT2D eigenvalue weighted by Gasteiger charge is -2.20. The third kappa shape index (κ3) is 2.83. The predicted octanol–water partition coefficient (Wildman–Crippen LogP) is 1.54. The number of carbonyl (C=O) groups is 1. The molecule has 0 aromatic carbocycles. The fourth-order valence-corrected chi connectivity index (χ4v) is 1.15. The van der Waals surface area contributed by atoms with Gasteiger partial charge < -0.3 is 10.5 Å². The Balaban J connectivity index is 0.00000196. The topological polar surface area (TPSA) is 65.2 Å². The highest BCUT2D eigenvalue weighted by atomic mass is 35.5. The average Bonchev–Trinajstić information content (AvgIpc) is 2.16. The molecule has 0 saturated carbocycles. The summed E-state index contributed by atoms with van der Waals surface area (Å²) in [5.74, 6) is -0.324. The molecule has 84 valence electrons. The van der Waals surface area contributed by atoms with E-state index in [1.165, 1.54) is 7.11 Å². The fourth-order valence-electron chi connectivity index (χ4n) is 1.15. The average molecular weight is 231 g/mol. The lowest BCUT2D eigenvalue weighted by atomic mass is 9.89. The summed E-state index contributed by atoms with van der Waals surface area (Å²) in [7, 11) is 1.36. The Labute approximate surface area is 95.2 Å². The number of anilines is 1. The van der Waals surface area contributed by atoms with Gasteiger partial charge >= 0.3 is 5.97 Å². The van der Waals surface area contributed by atoms with Crippen molar-refractivity contribution in [2.75, 3.05) is 12.8 Å². The Kier molecular flexibility index (Phi) is 4.55. The Morgan fingerprint density at radius 1 is 1.53 bits per heavy atom. The standard InChI is InChI=1S/C10H14N2O2.ClH/c1-10(2,9(13)14-3)8-6-7(11)4-5-12-8;/h4-6H,1-3H3,(H2,11,12);1H. The van der Waals surface area contributed by atoms with Gasteiger partial charge in [0.15, 0.2) is 0 Å². The van der Waals surface area contributed by atoms with Crippen LogP contribution < -0.4 is 5.73 Å². The van der Waals surface area contributed by atoms with Gasteiger partial charge in [0, 0.05) is 11.9 Å². The van der Waals surface area contributed by atoms with Crippen LogP contribution in [0.5, 0.6) is 0 Å². The summed E-state index contributed by atoms with van der Waals surface area (Å²) < 4.78 is 4.69. The third-order valence-electron chi connectivity index (χ3n) is 2.12. The third-order valence-corrected chi connectivity index (χ3v) is 2.12. The molecule has 1 aromatic rings. The summed E-state index contributed by atoms with van der Waals surface area (Å²) in [6, 6.07) is 3.35. The minimum absolute atomic E-state index is 0. The van der Waals surface area contributed by atoms with Gasteiger partial charge in [0.05, 0.1) is 12.8 Å². The Morgan fingerprint density at radius 2 is 2.13 bits per heavy atom. The number of esters is 1. The number of hydrogen-bond acceptors (Lipinski definition) is 4. The van der Waals surface area contributed by atoms with Gasteiger partial charge in [-0.3, -0.25) is 9.78 Å². The molecule has 1 rings (SSSR count). The number of nitrogens with zero attached hydrogens (tertiary/aromatic N) is 1. The number of ether oxygens (including phenoxy) is 1. The maximum Gasteiger partial charge on any atom is 0.317 e. The van der Waals surface area contributed by atoms with Crippen LogP contribution in [0.4, 0.5) is 5.69 Å². The molecule has 4 nitrogen and oxygen atoms in total. The second-order valence-electron chi connectivity index (χ2n) is 3.59. The zero-order valence-electron chi connectivity index (χ0n) is 8.98. The number of methoxy groups -OCH3 is 1. The number of rotatable bonds is 2. The van der Waals surface area contributed by atoms with E-state index in [4.69, 9.17) is 5.73 Å². The molecule has 0 aliphatic rings. The van der Waals surface area contributed by atoms with Gasteiger partial charge in [0.1, 0.15) is 5.41 Å². The van der Waals surface area contributed by atoms with Crippen molar-refractivity contribution in [3.8, 4) is 0 Å². The molecule has 5 heteroatoms. The van der Waals surface area contributed by atoms with E-state index in [2.05, 4.69) is 9.72 Å². The molecule has 2 N–H and O–H groups in total. The van der Waals surface area contributed by atoms with Crippen LogP contribution in [-0.2, 0) is 14.9 Å². The molecule has 0 radical (unpaired) electrons. The van der Waals surface area contributed by atoms with Gasteiger partial charge in [0.2, 0.25) is 0 Å². The van der Waals surface area contributed by atoms with Crippen LogP contribution in [0, 0.1) is 0 Å². The van der Waals surface area contributed by atoms with E-state index in [9.17, 15) is 4.79 Å². The number of nitrogens with two attached hydrogens (primary N) is 1. The Hall–Kier alpha value is -1.29. The number of pyridine rings is 1. The number of aromatic nitrogens is 1. The van der Waals surface area contributed by atoms with Crippen LogP contribution in [0.15, 0.2) is 18.3 Å². The molecule has 0 unspecified atom stereocenters. The van der Waals surface area contributed by atoms with Crippen molar-refractivity contribution in [2.45, 2.75) is 19.3 Å². The van der Waals surface area contributed by atoms with E-state index >= 15 is 0 Å². The summed E-state index contributed by atoms with van der Waals surface area (Å²) in [6.45, 7) is 3.50. The van der Waals surface area contributed by atoms with Crippen molar-refractivity contribution in [3.05, 3.63) is 24.0 Å². The van der Waals surface area contributed by atoms with Gasteiger partial charge in [-0.25, -0.2) is 0 Å². The van der Waals surface area contributed by atoms with Crippen LogP contribution in [-0.4, -0.2) is 18.1 Å². The lowest BCUT2D eigenvalue weighted by molar-refractivity contribution is -0.146. The van der Waals surface area contributed by atoms with Crippen LogP contribution in [0.25, 0.3) is 0 Å². The van der Waals surface area contributed by atoms with E-state index < -0.39 is 5.41 Å². The highest BCUT2D eigenvalue weighted by Crippen LogP contribution is 2.23. The SMILES string of the molecule is COC(=O)C(C)(C)c1cc(N)ccn1.Cl. The van der Waals surface area contributed by atoms with E-state index in [0.29, 0.717) is 11.4 Å². The Morgan fingerprint density at radius 3 is 2.60 bits per heavy atom. The molecule has 0 atom stereocenters. The predicted molar refractivity (Wildman–Crippen MR) is 60.9 cm³/mol. The summed E-state index contributed by atoms with van der Waals surface area (Å²) in [6.07, 6.45) is 1.58. The molecule has 0 spiro atoms. The number of hydrogen-bond donors (Lipinski definition) is 1. The first-order valence-electron chi connectivity index (χ1n) is 4.29. The maximum absolute atomic E-state index is 11.4. The summed E-state index contributed by atoms with van der Waals surface area (Å²) in [5, 5.41) is 0. The number of nitrogen functional groups attached to an aromatic ring is 1. The van der Waals surface area contributed by atoms with Gasteiger partial charge in [0.25, 0.3) is 0 Å². The van der Waals surface area contributed by atoms with E-state index in [-0.39, 0.29) is 18.4 Å². The van der Waals surface area contributed by atoms with Crippen molar-refractivity contribution in [1.29, 1.82) is 0 Å². The van der Waals surface area contributed by atoms with Gasteiger partial charge in [-0.1, -0.05) is 0 Å². The molecular weight excluding hydrogens is 216 g/mol. The zero-order chi connectivity index (χ0) is 10.8. The molecule has 0 aliphatic heterocycles. The fraction of sp³-hybridized carbons (Fsp3) is 0.400. The van der Waals surface area contributed by atoms with Crippen LogP contribution in [0.1, 0.15) is 19.5 Å². The first kappa shape index (κ1) is 13.7. The van der Waals surface area contributed by atoms with Crippen molar-refractivity contribution in [3.63, 3.8) is 0 Å². The summed E-state index contributed by atoms with van der Waals surface area (Å²) in [5.41, 5.74) is 6.05. The lowest BCUT2D eigenvalue weighted by Crippen LogP contribution is -2.31. The first-order valence-corrected chi connectivity index (χ1v) is 4.29. The van der Waals surface area contributed by atoms with Crippen LogP contribution in [0.2, 0.25) is 0 Å². The molecule has 0 aliphatic carbocycles. The normalized spacial score (nSPS) is 10.3. The van der Waals surface area contributed by atoms with Gasteiger partial charge in [-0.05, 0) is 26.0 Å². The molecular formula is C10H15ClN2O2. The zero-order valence-corrected chi connectivity index (χ0v) is 9.80. The molecule has 0 fully saturated rings. The van der Waals surface area contributed by atoms with E-state index in [0.717, 1.165) is 0 Å². The van der Waals surface area contributed by atoms with E-state index in [1.807, 2.05) is 0 Å². The first-order chi connectivity index (χ1) is 6.48. The van der Waals surface area contributed by atoms with Gasteiger partial charge in [-0.15, -0.1) is 12.4 Å². The quantitative estimate of drug-likeness (QED) is 0.783. The second-order valence-corrected chi connectivity index (χ2v) is 3.59. The molecule has 0 saturated heterocycles. The largest absolute Gasteiger partial charge is 0.468 e. The molecule has 1 aromatic heterocycles. The highest BCUT2D eigenvalue weighted by Gasteiger charge is 2.32. The van der Waals surface area contributed by atoms with Crippen molar-refractivity contribution in [1.82, 2.24) is 4.98 Å². The molecule has 15 heavy (non-hydrogen) atoms. The minimum Gasteiger partial charge on any atom is -0.468 e. The Bertz CT molecular complexity index is 353. The highest BCUT2D eigenvalue weighted by molar-refractivity contribution is 5.85. The maximum atomic E-state index is 11.4. The molecule has 1 heterocycles. The van der Waals surface area contributed by atoms with Crippen LogP contribution >= 0.6 is 12.4 Å². The van der Waals surface area contributed by atoms with Gasteiger partial charge in [-0.2, -0.15) is 0 Å². The summed E-state index contributed by atoms with van der Waals surface area (Å²) >= 11 is 0. The minimum atomic E-state index is -0.760. The van der Waals surface area contributed by atoms with Crippen molar-refractivity contribution < 1.29 is 9.53 Å². The van der Waals surface area contributed by atoms with Crippen molar-refractivity contribution in [2.24, 2.45) is 0 Å². The smallest absolute Gasteiger partial charge is 0.317 e. The van der Waals surface area contributed by atoms with E-state index in [1.54, 1.807) is 32.2 Å². The van der Waals surface area contributed by atoms with Crippen LogP contribution in [0.3, 0.4) is 0 Å². The molecule has 0 bridgehead atoms. The second kappa shape index (κ2) is 4.98. The monoisotopic (exact) mass is 230 g/mol. The molecule has 0 amide bonds.